The summed E-state index contributed by atoms with van der Waals surface area (Å²) in [7, 11) is 3.34. The van der Waals surface area contributed by atoms with Crippen LogP contribution in [-0.4, -0.2) is 30.5 Å². The molecule has 1 aromatic heterocycles. The van der Waals surface area contributed by atoms with Crippen molar-refractivity contribution >= 4 is 5.82 Å². The Labute approximate surface area is 187 Å². The smallest absolute Gasteiger partial charge is 0.133 e. The second kappa shape index (κ2) is 8.67. The van der Waals surface area contributed by atoms with Crippen LogP contribution in [0.1, 0.15) is 11.1 Å². The van der Waals surface area contributed by atoms with Crippen LogP contribution < -0.4 is 19.5 Å². The van der Waals surface area contributed by atoms with Crippen LogP contribution in [0.15, 0.2) is 72.8 Å². The van der Waals surface area contributed by atoms with Gasteiger partial charge in [0.25, 0.3) is 0 Å². The maximum absolute atomic E-state index is 5.93. The van der Waals surface area contributed by atoms with Crippen molar-refractivity contribution < 1.29 is 14.2 Å². The monoisotopic (exact) mass is 427 g/mol. The van der Waals surface area contributed by atoms with Crippen LogP contribution in [0.5, 0.6) is 17.2 Å². The van der Waals surface area contributed by atoms with Crippen LogP contribution in [0.3, 0.4) is 0 Å². The highest BCUT2D eigenvalue weighted by atomic mass is 16.5. The minimum absolute atomic E-state index is 0.540. The molecule has 0 unspecified atom stereocenters. The fourth-order valence-corrected chi connectivity index (χ4v) is 4.00. The molecule has 3 aromatic carbocycles. The van der Waals surface area contributed by atoms with Gasteiger partial charge in [-0.25, -0.2) is 4.68 Å². The van der Waals surface area contributed by atoms with E-state index in [0.29, 0.717) is 6.61 Å². The zero-order valence-electron chi connectivity index (χ0n) is 18.2. The lowest BCUT2D eigenvalue weighted by atomic mass is 10.1. The predicted molar refractivity (Wildman–Crippen MR) is 125 cm³/mol. The van der Waals surface area contributed by atoms with E-state index in [0.717, 1.165) is 58.5 Å². The fourth-order valence-electron chi connectivity index (χ4n) is 4.00. The van der Waals surface area contributed by atoms with Crippen LogP contribution in [0.4, 0.5) is 5.82 Å². The van der Waals surface area contributed by atoms with E-state index in [1.54, 1.807) is 14.2 Å². The van der Waals surface area contributed by atoms with Gasteiger partial charge in [0.1, 0.15) is 35.4 Å². The number of fused-ring (bicyclic) bond motifs is 1. The van der Waals surface area contributed by atoms with Crippen LogP contribution in [0.25, 0.3) is 16.9 Å². The lowest BCUT2D eigenvalue weighted by Crippen LogP contribution is -2.04. The number of benzene rings is 3. The van der Waals surface area contributed by atoms with E-state index in [9.17, 15) is 0 Å². The molecular formula is C26H25N3O3. The van der Waals surface area contributed by atoms with Gasteiger partial charge in [0.2, 0.25) is 0 Å². The van der Waals surface area contributed by atoms with E-state index in [4.69, 9.17) is 19.3 Å². The third-order valence-electron chi connectivity index (χ3n) is 5.64. The second-order valence-corrected chi connectivity index (χ2v) is 7.60. The van der Waals surface area contributed by atoms with Gasteiger partial charge in [-0.2, -0.15) is 5.10 Å². The summed E-state index contributed by atoms with van der Waals surface area (Å²) in [6, 6.07) is 24.0. The summed E-state index contributed by atoms with van der Waals surface area (Å²) in [6.45, 7) is 1.42. The number of hydrogen-bond donors (Lipinski definition) is 1. The molecule has 0 bridgehead atoms. The molecule has 5 rings (SSSR count). The zero-order chi connectivity index (χ0) is 21.9. The fraction of sp³-hybridized carbons (Fsp3) is 0.192. The summed E-state index contributed by atoms with van der Waals surface area (Å²) in [5.41, 5.74) is 5.12. The molecule has 4 aromatic rings. The molecular weight excluding hydrogens is 402 g/mol. The molecule has 2 heterocycles. The first kappa shape index (κ1) is 20.0. The van der Waals surface area contributed by atoms with Gasteiger partial charge in [-0.3, -0.25) is 0 Å². The van der Waals surface area contributed by atoms with E-state index in [2.05, 4.69) is 17.4 Å². The third-order valence-corrected chi connectivity index (χ3v) is 5.64. The van der Waals surface area contributed by atoms with Crippen molar-refractivity contribution in [3.63, 3.8) is 0 Å². The van der Waals surface area contributed by atoms with E-state index in [-0.39, 0.29) is 0 Å². The molecule has 1 N–H and O–H groups in total. The molecule has 0 atom stereocenters. The number of methoxy groups -OCH3 is 2. The van der Waals surface area contributed by atoms with Crippen molar-refractivity contribution in [1.82, 2.24) is 9.78 Å². The van der Waals surface area contributed by atoms with Gasteiger partial charge in [0, 0.05) is 17.7 Å². The number of nitrogens with zero attached hydrogens (tertiary/aromatic N) is 2. The van der Waals surface area contributed by atoms with Crippen molar-refractivity contribution in [2.45, 2.75) is 13.0 Å². The average Bonchev–Trinajstić information content (AvgIpc) is 3.46. The molecule has 0 radical (unpaired) electrons. The summed E-state index contributed by atoms with van der Waals surface area (Å²) in [5, 5.41) is 8.44. The Morgan fingerprint density at radius 1 is 0.906 bits per heavy atom. The summed E-state index contributed by atoms with van der Waals surface area (Å²) >= 11 is 0. The first-order chi connectivity index (χ1) is 15.8. The lowest BCUT2D eigenvalue weighted by molar-refractivity contribution is 0.306. The molecule has 162 valence electrons. The number of hydrogen-bond acceptors (Lipinski definition) is 5. The highest BCUT2D eigenvalue weighted by Crippen LogP contribution is 2.40. The molecule has 0 saturated heterocycles. The standard InChI is InChI=1S/C26H25N3O3/c1-30-21-12-13-24(31-2)23(16-21)25-22-14-15-27-26(22)29(28-25)19-8-10-20(11-9-19)32-17-18-6-4-3-5-7-18/h3-13,16,27H,14-15,17H2,1-2H3. The SMILES string of the molecule is COc1ccc(OC)c(-c2nn(-c3ccc(OCc4ccccc4)cc3)c3c2CCN3)c1. The number of aromatic nitrogens is 2. The number of nitrogens with one attached hydrogen (secondary N) is 1. The molecule has 32 heavy (non-hydrogen) atoms. The van der Waals surface area contributed by atoms with E-state index in [1.165, 1.54) is 5.56 Å². The van der Waals surface area contributed by atoms with Crippen molar-refractivity contribution in [1.29, 1.82) is 0 Å². The Kier molecular flexibility index (Phi) is 5.42. The van der Waals surface area contributed by atoms with Crippen LogP contribution >= 0.6 is 0 Å². The van der Waals surface area contributed by atoms with Crippen molar-refractivity contribution in [3.05, 3.63) is 83.9 Å². The number of ether oxygens (including phenoxy) is 3. The molecule has 0 aliphatic carbocycles. The summed E-state index contributed by atoms with van der Waals surface area (Å²) in [4.78, 5) is 0. The van der Waals surface area contributed by atoms with Gasteiger partial charge in [0.15, 0.2) is 0 Å². The largest absolute Gasteiger partial charge is 0.497 e. The van der Waals surface area contributed by atoms with Gasteiger partial charge in [-0.05, 0) is 54.4 Å². The van der Waals surface area contributed by atoms with Crippen LogP contribution in [-0.2, 0) is 13.0 Å². The van der Waals surface area contributed by atoms with Crippen LogP contribution in [0, 0.1) is 0 Å². The summed E-state index contributed by atoms with van der Waals surface area (Å²) in [6.07, 6.45) is 0.906. The van der Waals surface area contributed by atoms with E-state index >= 15 is 0 Å². The highest BCUT2D eigenvalue weighted by Gasteiger charge is 2.26. The zero-order valence-corrected chi connectivity index (χ0v) is 18.2. The van der Waals surface area contributed by atoms with Crippen molar-refractivity contribution in [2.75, 3.05) is 26.1 Å². The van der Waals surface area contributed by atoms with Crippen molar-refractivity contribution in [2.24, 2.45) is 0 Å². The number of rotatable bonds is 7. The Morgan fingerprint density at radius 2 is 1.69 bits per heavy atom. The van der Waals surface area contributed by atoms with Crippen LogP contribution in [0.2, 0.25) is 0 Å². The van der Waals surface area contributed by atoms with Gasteiger partial charge in [0.05, 0.1) is 19.9 Å². The molecule has 1 aliphatic heterocycles. The first-order valence-corrected chi connectivity index (χ1v) is 10.6. The van der Waals surface area contributed by atoms with Gasteiger partial charge in [-0.15, -0.1) is 0 Å². The number of anilines is 1. The Balaban J connectivity index is 1.45. The minimum Gasteiger partial charge on any atom is -0.497 e. The molecule has 0 amide bonds. The quantitative estimate of drug-likeness (QED) is 0.445. The molecule has 0 spiro atoms. The summed E-state index contributed by atoms with van der Waals surface area (Å²) < 4.78 is 18.9. The summed E-state index contributed by atoms with van der Waals surface area (Å²) in [5.74, 6) is 3.39. The van der Waals surface area contributed by atoms with Gasteiger partial charge < -0.3 is 19.5 Å². The normalized spacial score (nSPS) is 12.2. The Morgan fingerprint density at radius 3 is 2.44 bits per heavy atom. The highest BCUT2D eigenvalue weighted by molar-refractivity contribution is 5.77. The maximum atomic E-state index is 5.93. The topological polar surface area (TPSA) is 57.5 Å². The van der Waals surface area contributed by atoms with Gasteiger partial charge >= 0.3 is 0 Å². The average molecular weight is 428 g/mol. The molecule has 1 aliphatic rings. The molecule has 0 saturated carbocycles. The minimum atomic E-state index is 0.540. The predicted octanol–water partition coefficient (Wildman–Crippen LogP) is 5.10. The lowest BCUT2D eigenvalue weighted by Gasteiger charge is -2.10. The second-order valence-electron chi connectivity index (χ2n) is 7.60. The molecule has 0 fully saturated rings. The third kappa shape index (κ3) is 3.75. The Hall–Kier alpha value is -3.93. The molecule has 6 nitrogen and oxygen atoms in total. The van der Waals surface area contributed by atoms with Crippen molar-refractivity contribution in [3.8, 4) is 34.2 Å². The van der Waals surface area contributed by atoms with E-state index in [1.807, 2.05) is 65.3 Å². The maximum Gasteiger partial charge on any atom is 0.133 e. The molecule has 6 heteroatoms. The Bertz CT molecular complexity index is 1220. The first-order valence-electron chi connectivity index (χ1n) is 10.6. The van der Waals surface area contributed by atoms with E-state index < -0.39 is 0 Å². The van der Waals surface area contributed by atoms with Gasteiger partial charge in [-0.1, -0.05) is 30.3 Å².